The van der Waals surface area contributed by atoms with Crippen LogP contribution in [0.2, 0.25) is 0 Å². The molecule has 0 aromatic carbocycles. The molecule has 0 amide bonds. The van der Waals surface area contributed by atoms with Crippen LogP contribution in [-0.4, -0.2) is 37.1 Å². The largest absolute Gasteiger partial charge is 0.313 e. The summed E-state index contributed by atoms with van der Waals surface area (Å²) in [5.74, 6) is 0. The fourth-order valence-electron chi connectivity index (χ4n) is 2.67. The maximum Gasteiger partial charge on any atom is 0.0107 e. The summed E-state index contributed by atoms with van der Waals surface area (Å²) in [5.41, 5.74) is 0. The van der Waals surface area contributed by atoms with Crippen LogP contribution in [0.15, 0.2) is 0 Å². The molecule has 1 aliphatic carbocycles. The lowest BCUT2D eigenvalue weighted by Crippen LogP contribution is -2.38. The molecule has 0 radical (unpaired) electrons. The first-order valence-electron chi connectivity index (χ1n) is 6.71. The fraction of sp³-hybridized carbons (Fsp3) is 1.00. The van der Waals surface area contributed by atoms with Crippen LogP contribution in [0.1, 0.15) is 52.4 Å². The Morgan fingerprint density at radius 3 is 2.33 bits per heavy atom. The highest BCUT2D eigenvalue weighted by molar-refractivity contribution is 4.74. The second-order valence-electron chi connectivity index (χ2n) is 4.89. The van der Waals surface area contributed by atoms with Crippen LogP contribution in [0.4, 0.5) is 0 Å². The molecule has 2 nitrogen and oxygen atoms in total. The molecule has 0 aliphatic heterocycles. The number of hydrogen-bond acceptors (Lipinski definition) is 2. The molecule has 15 heavy (non-hydrogen) atoms. The van der Waals surface area contributed by atoms with Crippen molar-refractivity contribution in [3.63, 3.8) is 0 Å². The first-order valence-corrected chi connectivity index (χ1v) is 6.71. The van der Waals surface area contributed by atoms with Gasteiger partial charge in [0.2, 0.25) is 0 Å². The van der Waals surface area contributed by atoms with Crippen LogP contribution in [0, 0.1) is 0 Å². The van der Waals surface area contributed by atoms with E-state index in [1.165, 1.54) is 45.1 Å². The quantitative estimate of drug-likeness (QED) is 0.698. The lowest BCUT2D eigenvalue weighted by molar-refractivity contribution is 0.227. The van der Waals surface area contributed by atoms with Crippen molar-refractivity contribution >= 4 is 0 Å². The van der Waals surface area contributed by atoms with Crippen molar-refractivity contribution in [2.75, 3.05) is 20.1 Å². The number of nitrogens with zero attached hydrogens (tertiary/aromatic N) is 1. The van der Waals surface area contributed by atoms with Gasteiger partial charge in [-0.25, -0.2) is 0 Å². The van der Waals surface area contributed by atoms with Crippen molar-refractivity contribution in [2.24, 2.45) is 0 Å². The topological polar surface area (TPSA) is 15.3 Å². The summed E-state index contributed by atoms with van der Waals surface area (Å²) < 4.78 is 0. The molecule has 0 atom stereocenters. The Morgan fingerprint density at radius 2 is 1.80 bits per heavy atom. The molecule has 0 heterocycles. The third kappa shape index (κ3) is 4.52. The summed E-state index contributed by atoms with van der Waals surface area (Å²) in [7, 11) is 2.26. The molecular formula is C13H28N2. The number of hydrogen-bond donors (Lipinski definition) is 1. The molecule has 0 saturated heterocycles. The van der Waals surface area contributed by atoms with E-state index in [0.29, 0.717) is 0 Å². The van der Waals surface area contributed by atoms with Crippen LogP contribution in [-0.2, 0) is 0 Å². The summed E-state index contributed by atoms with van der Waals surface area (Å²) in [5, 5.41) is 3.67. The number of likely N-dealkylation sites (N-methyl/N-ethyl adjacent to an activating group) is 1. The predicted molar refractivity (Wildman–Crippen MR) is 67.3 cm³/mol. The molecule has 1 fully saturated rings. The van der Waals surface area contributed by atoms with Crippen molar-refractivity contribution in [3.05, 3.63) is 0 Å². The van der Waals surface area contributed by atoms with E-state index in [1.807, 2.05) is 0 Å². The van der Waals surface area contributed by atoms with Gasteiger partial charge in [-0.3, -0.25) is 0 Å². The minimum atomic E-state index is 0.773. The smallest absolute Gasteiger partial charge is 0.0107 e. The first-order chi connectivity index (χ1) is 7.27. The van der Waals surface area contributed by atoms with Crippen LogP contribution in [0.5, 0.6) is 0 Å². The monoisotopic (exact) mass is 212 g/mol. The van der Waals surface area contributed by atoms with Gasteiger partial charge in [0.25, 0.3) is 0 Å². The molecule has 90 valence electrons. The van der Waals surface area contributed by atoms with E-state index in [0.717, 1.165) is 18.6 Å². The van der Waals surface area contributed by atoms with Crippen molar-refractivity contribution < 1.29 is 0 Å². The molecule has 0 unspecified atom stereocenters. The third-order valence-corrected chi connectivity index (χ3v) is 3.82. The van der Waals surface area contributed by atoms with Gasteiger partial charge in [-0.05, 0) is 32.7 Å². The maximum atomic E-state index is 3.67. The SMILES string of the molecule is CCC(CC)N(C)CCNC1CCCC1. The van der Waals surface area contributed by atoms with E-state index in [9.17, 15) is 0 Å². The van der Waals surface area contributed by atoms with Crippen molar-refractivity contribution in [1.82, 2.24) is 10.2 Å². The van der Waals surface area contributed by atoms with E-state index in [4.69, 9.17) is 0 Å². The van der Waals surface area contributed by atoms with E-state index < -0.39 is 0 Å². The zero-order valence-electron chi connectivity index (χ0n) is 10.8. The molecular weight excluding hydrogens is 184 g/mol. The Labute approximate surface area is 95.4 Å². The Bertz CT molecular complexity index is 149. The Kier molecular flexibility index (Phi) is 6.26. The van der Waals surface area contributed by atoms with Crippen LogP contribution in [0.25, 0.3) is 0 Å². The highest BCUT2D eigenvalue weighted by Crippen LogP contribution is 2.17. The highest BCUT2D eigenvalue weighted by atomic mass is 15.1. The Balaban J connectivity index is 2.07. The van der Waals surface area contributed by atoms with Crippen molar-refractivity contribution in [2.45, 2.75) is 64.5 Å². The first kappa shape index (κ1) is 13.0. The number of rotatable bonds is 7. The van der Waals surface area contributed by atoms with Gasteiger partial charge in [-0.2, -0.15) is 0 Å². The summed E-state index contributed by atoms with van der Waals surface area (Å²) in [6, 6.07) is 1.59. The van der Waals surface area contributed by atoms with Crippen LogP contribution >= 0.6 is 0 Å². The minimum Gasteiger partial charge on any atom is -0.313 e. The van der Waals surface area contributed by atoms with Crippen molar-refractivity contribution in [1.29, 1.82) is 0 Å². The van der Waals surface area contributed by atoms with Crippen LogP contribution in [0.3, 0.4) is 0 Å². The average molecular weight is 212 g/mol. The van der Waals surface area contributed by atoms with E-state index >= 15 is 0 Å². The molecule has 0 spiro atoms. The molecule has 1 N–H and O–H groups in total. The molecule has 0 aromatic heterocycles. The second kappa shape index (κ2) is 7.24. The zero-order chi connectivity index (χ0) is 11.1. The third-order valence-electron chi connectivity index (χ3n) is 3.82. The number of nitrogens with one attached hydrogen (secondary N) is 1. The molecule has 0 aromatic rings. The molecule has 2 heteroatoms. The average Bonchev–Trinajstić information content (AvgIpc) is 2.72. The maximum absolute atomic E-state index is 3.67. The van der Waals surface area contributed by atoms with Gasteiger partial charge < -0.3 is 10.2 Å². The lowest BCUT2D eigenvalue weighted by atomic mass is 10.1. The minimum absolute atomic E-state index is 0.773. The van der Waals surface area contributed by atoms with Crippen molar-refractivity contribution in [3.8, 4) is 0 Å². The van der Waals surface area contributed by atoms with Gasteiger partial charge in [0, 0.05) is 25.2 Å². The standard InChI is InChI=1S/C13H28N2/c1-4-13(5-2)15(3)11-10-14-12-8-6-7-9-12/h12-14H,4-11H2,1-3H3. The van der Waals surface area contributed by atoms with Gasteiger partial charge in [0.05, 0.1) is 0 Å². The van der Waals surface area contributed by atoms with Gasteiger partial charge >= 0.3 is 0 Å². The van der Waals surface area contributed by atoms with Gasteiger partial charge in [-0.1, -0.05) is 26.7 Å². The van der Waals surface area contributed by atoms with Gasteiger partial charge in [0.15, 0.2) is 0 Å². The predicted octanol–water partition coefficient (Wildman–Crippen LogP) is 2.64. The summed E-state index contributed by atoms with van der Waals surface area (Å²) in [6.07, 6.45) is 8.20. The Morgan fingerprint density at radius 1 is 1.20 bits per heavy atom. The summed E-state index contributed by atoms with van der Waals surface area (Å²) in [6.45, 7) is 6.94. The van der Waals surface area contributed by atoms with Gasteiger partial charge in [0.1, 0.15) is 0 Å². The molecule has 0 bridgehead atoms. The van der Waals surface area contributed by atoms with Gasteiger partial charge in [-0.15, -0.1) is 0 Å². The summed E-state index contributed by atoms with van der Waals surface area (Å²) in [4.78, 5) is 2.50. The second-order valence-corrected chi connectivity index (χ2v) is 4.89. The lowest BCUT2D eigenvalue weighted by Gasteiger charge is -2.26. The fourth-order valence-corrected chi connectivity index (χ4v) is 2.67. The van der Waals surface area contributed by atoms with E-state index in [-0.39, 0.29) is 0 Å². The molecule has 1 rings (SSSR count). The molecule has 1 saturated carbocycles. The highest BCUT2D eigenvalue weighted by Gasteiger charge is 2.14. The summed E-state index contributed by atoms with van der Waals surface area (Å²) >= 11 is 0. The van der Waals surface area contributed by atoms with Crippen LogP contribution < -0.4 is 5.32 Å². The zero-order valence-corrected chi connectivity index (χ0v) is 10.8. The van der Waals surface area contributed by atoms with E-state index in [1.54, 1.807) is 0 Å². The normalized spacial score (nSPS) is 18.2. The Hall–Kier alpha value is -0.0800. The van der Waals surface area contributed by atoms with E-state index in [2.05, 4.69) is 31.1 Å². The molecule has 1 aliphatic rings.